The first-order chi connectivity index (χ1) is 8.88. The molecule has 0 aromatic heterocycles. The van der Waals surface area contributed by atoms with Crippen LogP contribution < -0.4 is 0 Å². The summed E-state index contributed by atoms with van der Waals surface area (Å²) in [5.41, 5.74) is -3.20. The fourth-order valence-corrected chi connectivity index (χ4v) is 2.11. The number of hydrogen-bond acceptors (Lipinski definition) is 0. The second-order valence-corrected chi connectivity index (χ2v) is 5.43. The Morgan fingerprint density at radius 2 is 1.10 bits per heavy atom. The van der Waals surface area contributed by atoms with E-state index in [0.29, 0.717) is 12.8 Å². The predicted molar refractivity (Wildman–Crippen MR) is 64.4 cm³/mol. The summed E-state index contributed by atoms with van der Waals surface area (Å²) in [7, 11) is 0. The van der Waals surface area contributed by atoms with Crippen LogP contribution in [0.1, 0.15) is 50.3 Å². The molecule has 1 aromatic rings. The Labute approximate surface area is 113 Å². The van der Waals surface area contributed by atoms with E-state index in [0.717, 1.165) is 12.1 Å². The van der Waals surface area contributed by atoms with Gasteiger partial charge in [-0.3, -0.25) is 0 Å². The number of alkyl halides is 6. The molecule has 0 amide bonds. The van der Waals surface area contributed by atoms with Crippen LogP contribution in [-0.2, 0) is 17.8 Å². The van der Waals surface area contributed by atoms with Gasteiger partial charge in [-0.2, -0.15) is 26.3 Å². The van der Waals surface area contributed by atoms with E-state index in [9.17, 15) is 26.3 Å². The third kappa shape index (κ3) is 3.90. The van der Waals surface area contributed by atoms with Crippen LogP contribution in [0.5, 0.6) is 0 Å². The van der Waals surface area contributed by atoms with Gasteiger partial charge in [0.1, 0.15) is 0 Å². The Morgan fingerprint density at radius 1 is 0.750 bits per heavy atom. The summed E-state index contributed by atoms with van der Waals surface area (Å²) >= 11 is 0. The van der Waals surface area contributed by atoms with Gasteiger partial charge >= 0.3 is 12.4 Å². The maximum absolute atomic E-state index is 12.7. The van der Waals surface area contributed by atoms with Crippen molar-refractivity contribution in [1.82, 2.24) is 0 Å². The molecule has 0 saturated heterocycles. The Hall–Kier alpha value is -1.20. The number of hydrogen-bond donors (Lipinski definition) is 0. The van der Waals surface area contributed by atoms with Crippen LogP contribution in [0.3, 0.4) is 0 Å². The molecule has 0 radical (unpaired) electrons. The number of benzene rings is 1. The van der Waals surface area contributed by atoms with Gasteiger partial charge in [0, 0.05) is 0 Å². The molecule has 6 heteroatoms. The lowest BCUT2D eigenvalue weighted by Crippen LogP contribution is -2.20. The number of rotatable bonds is 3. The van der Waals surface area contributed by atoms with Crippen molar-refractivity contribution in [2.45, 2.75) is 51.4 Å². The van der Waals surface area contributed by atoms with E-state index in [1.165, 1.54) is 0 Å². The summed E-state index contributed by atoms with van der Waals surface area (Å²) in [4.78, 5) is 0. The van der Waals surface area contributed by atoms with Crippen molar-refractivity contribution < 1.29 is 26.3 Å². The van der Waals surface area contributed by atoms with Gasteiger partial charge in [-0.05, 0) is 35.6 Å². The monoisotopic (exact) mass is 298 g/mol. The lowest BCUT2D eigenvalue weighted by atomic mass is 9.79. The van der Waals surface area contributed by atoms with Crippen molar-refractivity contribution in [3.05, 3.63) is 34.9 Å². The zero-order chi connectivity index (χ0) is 15.8. The first-order valence-electron chi connectivity index (χ1n) is 6.18. The molecule has 0 aliphatic heterocycles. The second-order valence-electron chi connectivity index (χ2n) is 5.43. The van der Waals surface area contributed by atoms with Crippen molar-refractivity contribution in [2.75, 3.05) is 0 Å². The van der Waals surface area contributed by atoms with Crippen LogP contribution in [0, 0.1) is 0 Å². The Balaban J connectivity index is 3.46. The molecule has 0 nitrogen and oxygen atoms in total. The topological polar surface area (TPSA) is 0 Å². The SMILES string of the molecule is CCCC(C)(C)c1cc(C(F)(F)F)cc(C(F)(F)F)c1. The maximum atomic E-state index is 12.7. The van der Waals surface area contributed by atoms with Gasteiger partial charge in [0.05, 0.1) is 11.1 Å². The molecule has 20 heavy (non-hydrogen) atoms. The molecule has 1 aromatic carbocycles. The zero-order valence-electron chi connectivity index (χ0n) is 11.4. The largest absolute Gasteiger partial charge is 0.416 e. The minimum Gasteiger partial charge on any atom is -0.166 e. The van der Waals surface area contributed by atoms with Gasteiger partial charge in [0.15, 0.2) is 0 Å². The van der Waals surface area contributed by atoms with Gasteiger partial charge in [-0.1, -0.05) is 27.2 Å². The molecule has 0 spiro atoms. The van der Waals surface area contributed by atoms with Gasteiger partial charge in [0.25, 0.3) is 0 Å². The van der Waals surface area contributed by atoms with Crippen LogP contribution >= 0.6 is 0 Å². The molecule has 0 N–H and O–H groups in total. The molecule has 0 heterocycles. The molecule has 1 rings (SSSR count). The molecule has 114 valence electrons. The van der Waals surface area contributed by atoms with E-state index in [1.54, 1.807) is 13.8 Å². The normalized spacial score (nSPS) is 13.7. The molecular formula is C14H16F6. The quantitative estimate of drug-likeness (QED) is 0.618. The fraction of sp³-hybridized carbons (Fsp3) is 0.571. The summed E-state index contributed by atoms with van der Waals surface area (Å²) in [5, 5.41) is 0. The van der Waals surface area contributed by atoms with Gasteiger partial charge in [0.2, 0.25) is 0 Å². The molecule has 0 bridgehead atoms. The minimum atomic E-state index is -4.79. The molecule has 0 aliphatic carbocycles. The summed E-state index contributed by atoms with van der Waals surface area (Å²) in [5.74, 6) is 0. The second kappa shape index (κ2) is 5.30. The standard InChI is InChI=1S/C14H16F6/c1-4-5-12(2,3)9-6-10(13(15,16)17)8-11(7-9)14(18,19)20/h6-8H,4-5H2,1-3H3. The van der Waals surface area contributed by atoms with Crippen molar-refractivity contribution in [1.29, 1.82) is 0 Å². The first kappa shape index (κ1) is 16.9. The van der Waals surface area contributed by atoms with Gasteiger partial charge < -0.3 is 0 Å². The molecule has 0 aliphatic rings. The van der Waals surface area contributed by atoms with Crippen LogP contribution in [0.25, 0.3) is 0 Å². The highest BCUT2D eigenvalue weighted by molar-refractivity contribution is 5.37. The zero-order valence-corrected chi connectivity index (χ0v) is 11.4. The average Bonchev–Trinajstić information content (AvgIpc) is 2.26. The maximum Gasteiger partial charge on any atom is 0.416 e. The van der Waals surface area contributed by atoms with Gasteiger partial charge in [-0.25, -0.2) is 0 Å². The number of halogens is 6. The Bertz CT molecular complexity index is 435. The third-order valence-corrected chi connectivity index (χ3v) is 3.24. The highest BCUT2D eigenvalue weighted by Crippen LogP contribution is 2.39. The van der Waals surface area contributed by atoms with E-state index >= 15 is 0 Å². The molecule has 0 atom stereocenters. The molecule has 0 unspecified atom stereocenters. The molecular weight excluding hydrogens is 282 g/mol. The third-order valence-electron chi connectivity index (χ3n) is 3.24. The van der Waals surface area contributed by atoms with E-state index in [-0.39, 0.29) is 11.6 Å². The van der Waals surface area contributed by atoms with Crippen molar-refractivity contribution >= 4 is 0 Å². The van der Waals surface area contributed by atoms with E-state index in [4.69, 9.17) is 0 Å². The summed E-state index contributed by atoms with van der Waals surface area (Å²) in [6, 6.07) is 1.78. The molecule has 0 saturated carbocycles. The van der Waals surface area contributed by atoms with Crippen LogP contribution in [-0.4, -0.2) is 0 Å². The van der Waals surface area contributed by atoms with Gasteiger partial charge in [-0.15, -0.1) is 0 Å². The van der Waals surface area contributed by atoms with Crippen LogP contribution in [0.2, 0.25) is 0 Å². The van der Waals surface area contributed by atoms with Crippen LogP contribution in [0.4, 0.5) is 26.3 Å². The predicted octanol–water partition coefficient (Wildman–Crippen LogP) is 5.80. The Morgan fingerprint density at radius 3 is 1.40 bits per heavy atom. The van der Waals surface area contributed by atoms with Crippen molar-refractivity contribution in [3.8, 4) is 0 Å². The molecule has 0 fully saturated rings. The smallest absolute Gasteiger partial charge is 0.166 e. The van der Waals surface area contributed by atoms with E-state index < -0.39 is 28.9 Å². The first-order valence-corrected chi connectivity index (χ1v) is 6.18. The lowest BCUT2D eigenvalue weighted by molar-refractivity contribution is -0.143. The highest BCUT2D eigenvalue weighted by atomic mass is 19.4. The van der Waals surface area contributed by atoms with Crippen molar-refractivity contribution in [2.24, 2.45) is 0 Å². The van der Waals surface area contributed by atoms with Crippen molar-refractivity contribution in [3.63, 3.8) is 0 Å². The van der Waals surface area contributed by atoms with E-state index in [2.05, 4.69) is 0 Å². The minimum absolute atomic E-state index is 0.0569. The summed E-state index contributed by atoms with van der Waals surface area (Å²) < 4.78 is 76.5. The fourth-order valence-electron chi connectivity index (χ4n) is 2.11. The highest BCUT2D eigenvalue weighted by Gasteiger charge is 2.38. The Kier molecular flexibility index (Phi) is 4.46. The average molecular weight is 298 g/mol. The van der Waals surface area contributed by atoms with Crippen LogP contribution in [0.15, 0.2) is 18.2 Å². The summed E-state index contributed by atoms with van der Waals surface area (Å²) in [6.07, 6.45) is -8.41. The van der Waals surface area contributed by atoms with E-state index in [1.807, 2.05) is 6.92 Å². The summed E-state index contributed by atoms with van der Waals surface area (Å²) in [6.45, 7) is 5.12. The lowest BCUT2D eigenvalue weighted by Gasteiger charge is -2.27.